The molecule has 19 heavy (non-hydrogen) atoms. The van der Waals surface area contributed by atoms with Gasteiger partial charge in [0.2, 0.25) is 5.56 Å². The van der Waals surface area contributed by atoms with Crippen LogP contribution in [0.4, 0.5) is 0 Å². The van der Waals surface area contributed by atoms with Crippen molar-refractivity contribution in [1.29, 1.82) is 0 Å². The lowest BCUT2D eigenvalue weighted by atomic mass is 10.1. The van der Waals surface area contributed by atoms with Crippen molar-refractivity contribution in [2.45, 2.75) is 6.10 Å². The number of aromatic nitrogens is 1. The number of rotatable bonds is 4. The van der Waals surface area contributed by atoms with Crippen LogP contribution in [0.25, 0.3) is 0 Å². The molecule has 1 amide bonds. The molecule has 3 N–H and O–H groups in total. The molecule has 2 rings (SSSR count). The molecule has 0 bridgehead atoms. The van der Waals surface area contributed by atoms with Crippen LogP contribution < -0.4 is 10.9 Å². The summed E-state index contributed by atoms with van der Waals surface area (Å²) in [5.41, 5.74) is 0.661. The van der Waals surface area contributed by atoms with Gasteiger partial charge in [0.25, 0.3) is 5.91 Å². The molecule has 0 aliphatic heterocycles. The first-order chi connectivity index (χ1) is 9.16. The number of pyridine rings is 1. The first-order valence-corrected chi connectivity index (χ1v) is 5.87. The molecular formula is C14H14N2O3. The quantitative estimate of drug-likeness (QED) is 0.760. The van der Waals surface area contributed by atoms with Crippen molar-refractivity contribution in [3.63, 3.8) is 0 Å². The van der Waals surface area contributed by atoms with Gasteiger partial charge in [-0.25, -0.2) is 0 Å². The first kappa shape index (κ1) is 13.0. The summed E-state index contributed by atoms with van der Waals surface area (Å²) in [6.45, 7) is 0.0929. The SMILES string of the molecule is O=C(NCC(O)c1ccccc1)c1cc[nH]c(=O)c1. The fourth-order valence-electron chi connectivity index (χ4n) is 1.67. The van der Waals surface area contributed by atoms with Gasteiger partial charge in [0.1, 0.15) is 0 Å². The molecule has 1 unspecified atom stereocenters. The molecule has 98 valence electrons. The standard InChI is InChI=1S/C14H14N2O3/c17-12(10-4-2-1-3-5-10)9-16-14(19)11-6-7-15-13(18)8-11/h1-8,12,17H,9H2,(H,15,18)(H,16,19). The van der Waals surface area contributed by atoms with E-state index in [-0.39, 0.29) is 23.6 Å². The van der Waals surface area contributed by atoms with E-state index in [0.717, 1.165) is 5.56 Å². The third-order valence-corrected chi connectivity index (χ3v) is 2.68. The van der Waals surface area contributed by atoms with E-state index in [0.29, 0.717) is 0 Å². The summed E-state index contributed by atoms with van der Waals surface area (Å²) in [5, 5.41) is 12.5. The van der Waals surface area contributed by atoms with Gasteiger partial charge in [-0.15, -0.1) is 0 Å². The van der Waals surface area contributed by atoms with Crippen molar-refractivity contribution >= 4 is 5.91 Å². The normalized spacial score (nSPS) is 11.8. The summed E-state index contributed by atoms with van der Waals surface area (Å²) in [6, 6.07) is 11.8. The minimum absolute atomic E-state index is 0.0929. The fourth-order valence-corrected chi connectivity index (χ4v) is 1.67. The Labute approximate surface area is 109 Å². The Hall–Kier alpha value is -2.40. The van der Waals surface area contributed by atoms with Crippen LogP contribution in [0.1, 0.15) is 22.0 Å². The Morgan fingerprint density at radius 1 is 1.26 bits per heavy atom. The average molecular weight is 258 g/mol. The molecule has 2 aromatic rings. The highest BCUT2D eigenvalue weighted by Crippen LogP contribution is 2.10. The van der Waals surface area contributed by atoms with Crippen LogP contribution in [0, 0.1) is 0 Å². The van der Waals surface area contributed by atoms with Gasteiger partial charge in [0, 0.05) is 24.4 Å². The van der Waals surface area contributed by atoms with Crippen LogP contribution in [0.5, 0.6) is 0 Å². The van der Waals surface area contributed by atoms with Crippen molar-refractivity contribution in [2.24, 2.45) is 0 Å². The van der Waals surface area contributed by atoms with Gasteiger partial charge >= 0.3 is 0 Å². The zero-order valence-electron chi connectivity index (χ0n) is 10.2. The average Bonchev–Trinajstić information content (AvgIpc) is 2.45. The number of aliphatic hydroxyl groups is 1. The molecule has 0 aliphatic rings. The Bertz CT molecular complexity index is 607. The maximum atomic E-state index is 11.8. The highest BCUT2D eigenvalue weighted by molar-refractivity contribution is 5.93. The lowest BCUT2D eigenvalue weighted by molar-refractivity contribution is 0.0916. The van der Waals surface area contributed by atoms with Gasteiger partial charge in [-0.2, -0.15) is 0 Å². The summed E-state index contributed by atoms with van der Waals surface area (Å²) >= 11 is 0. The van der Waals surface area contributed by atoms with Crippen molar-refractivity contribution < 1.29 is 9.90 Å². The van der Waals surface area contributed by atoms with E-state index in [9.17, 15) is 14.7 Å². The van der Waals surface area contributed by atoms with Crippen LogP contribution in [-0.2, 0) is 0 Å². The second kappa shape index (κ2) is 5.97. The maximum absolute atomic E-state index is 11.8. The first-order valence-electron chi connectivity index (χ1n) is 5.87. The molecule has 0 saturated carbocycles. The Balaban J connectivity index is 1.96. The summed E-state index contributed by atoms with van der Waals surface area (Å²) < 4.78 is 0. The van der Waals surface area contributed by atoms with Crippen LogP contribution >= 0.6 is 0 Å². The van der Waals surface area contributed by atoms with Crippen molar-refractivity contribution in [2.75, 3.05) is 6.54 Å². The molecule has 0 saturated heterocycles. The number of benzene rings is 1. The predicted molar refractivity (Wildman–Crippen MR) is 70.8 cm³/mol. The number of aromatic amines is 1. The molecule has 0 radical (unpaired) electrons. The third-order valence-electron chi connectivity index (χ3n) is 2.68. The van der Waals surface area contributed by atoms with Gasteiger partial charge < -0.3 is 15.4 Å². The topological polar surface area (TPSA) is 82.2 Å². The van der Waals surface area contributed by atoms with Crippen molar-refractivity contribution in [3.8, 4) is 0 Å². The van der Waals surface area contributed by atoms with Crippen LogP contribution in [0.2, 0.25) is 0 Å². The largest absolute Gasteiger partial charge is 0.387 e. The van der Waals surface area contributed by atoms with E-state index in [2.05, 4.69) is 10.3 Å². The van der Waals surface area contributed by atoms with E-state index in [1.165, 1.54) is 18.3 Å². The minimum Gasteiger partial charge on any atom is -0.387 e. The summed E-state index contributed by atoms with van der Waals surface area (Å²) in [7, 11) is 0. The second-order valence-corrected chi connectivity index (χ2v) is 4.08. The van der Waals surface area contributed by atoms with Crippen LogP contribution in [0.3, 0.4) is 0 Å². The molecule has 5 heteroatoms. The number of H-pyrrole nitrogens is 1. The van der Waals surface area contributed by atoms with Crippen LogP contribution in [0.15, 0.2) is 53.5 Å². The van der Waals surface area contributed by atoms with E-state index in [4.69, 9.17) is 0 Å². The smallest absolute Gasteiger partial charge is 0.251 e. The van der Waals surface area contributed by atoms with Gasteiger partial charge in [0.05, 0.1) is 6.10 Å². The van der Waals surface area contributed by atoms with E-state index < -0.39 is 6.10 Å². The Morgan fingerprint density at radius 3 is 2.68 bits per heavy atom. The fraction of sp³-hybridized carbons (Fsp3) is 0.143. The third kappa shape index (κ3) is 3.53. The Kier molecular flexibility index (Phi) is 4.10. The molecule has 0 fully saturated rings. The molecule has 1 aromatic heterocycles. The molecule has 1 atom stereocenters. The highest BCUT2D eigenvalue weighted by atomic mass is 16.3. The molecule has 0 spiro atoms. The summed E-state index contributed by atoms with van der Waals surface area (Å²) in [5.74, 6) is -0.388. The van der Waals surface area contributed by atoms with E-state index in [1.54, 1.807) is 12.1 Å². The summed E-state index contributed by atoms with van der Waals surface area (Å²) in [4.78, 5) is 25.3. The zero-order chi connectivity index (χ0) is 13.7. The highest BCUT2D eigenvalue weighted by Gasteiger charge is 2.10. The lowest BCUT2D eigenvalue weighted by Crippen LogP contribution is -2.29. The van der Waals surface area contributed by atoms with Crippen molar-refractivity contribution in [1.82, 2.24) is 10.3 Å². The van der Waals surface area contributed by atoms with E-state index in [1.807, 2.05) is 18.2 Å². The number of hydrogen-bond donors (Lipinski definition) is 3. The second-order valence-electron chi connectivity index (χ2n) is 4.08. The number of amides is 1. The van der Waals surface area contributed by atoms with Crippen LogP contribution in [-0.4, -0.2) is 22.5 Å². The number of hydrogen-bond acceptors (Lipinski definition) is 3. The lowest BCUT2D eigenvalue weighted by Gasteiger charge is -2.12. The molecule has 1 heterocycles. The number of nitrogens with one attached hydrogen (secondary N) is 2. The van der Waals surface area contributed by atoms with E-state index >= 15 is 0 Å². The van der Waals surface area contributed by atoms with Gasteiger partial charge in [-0.3, -0.25) is 9.59 Å². The van der Waals surface area contributed by atoms with Crippen molar-refractivity contribution in [3.05, 3.63) is 70.1 Å². The number of carbonyl (C=O) groups is 1. The zero-order valence-corrected chi connectivity index (χ0v) is 10.2. The minimum atomic E-state index is -0.771. The maximum Gasteiger partial charge on any atom is 0.251 e. The monoisotopic (exact) mass is 258 g/mol. The molecule has 5 nitrogen and oxygen atoms in total. The Morgan fingerprint density at radius 2 is 2.00 bits per heavy atom. The predicted octanol–water partition coefficient (Wildman–Crippen LogP) is 0.838. The molecule has 1 aromatic carbocycles. The van der Waals surface area contributed by atoms with Gasteiger partial charge in [-0.05, 0) is 11.6 Å². The summed E-state index contributed by atoms with van der Waals surface area (Å²) in [6.07, 6.45) is 0.636. The number of carbonyl (C=O) groups excluding carboxylic acids is 1. The molecule has 0 aliphatic carbocycles. The molecular weight excluding hydrogens is 244 g/mol. The van der Waals surface area contributed by atoms with Gasteiger partial charge in [-0.1, -0.05) is 30.3 Å². The van der Waals surface area contributed by atoms with Gasteiger partial charge in [0.15, 0.2) is 0 Å². The number of aliphatic hydroxyl groups excluding tert-OH is 1.